The number of rotatable bonds is 6. The van der Waals surface area contributed by atoms with E-state index in [0.717, 1.165) is 13.0 Å². The highest BCUT2D eigenvalue weighted by Gasteiger charge is 2.08. The van der Waals surface area contributed by atoms with Gasteiger partial charge in [-0.2, -0.15) is 10.1 Å². The molecule has 0 saturated heterocycles. The first-order valence-electron chi connectivity index (χ1n) is 8.05. The van der Waals surface area contributed by atoms with Gasteiger partial charge in [-0.05, 0) is 44.2 Å². The molecule has 1 aromatic heterocycles. The summed E-state index contributed by atoms with van der Waals surface area (Å²) in [4.78, 5) is 4.40. The first kappa shape index (κ1) is 17.0. The molecule has 7 heteroatoms. The van der Waals surface area contributed by atoms with E-state index in [9.17, 15) is 0 Å². The van der Waals surface area contributed by atoms with Crippen molar-refractivity contribution in [3.8, 4) is 0 Å². The molecule has 1 aliphatic rings. The molecule has 0 atom stereocenters. The standard InChI is InChI=1S/C17H19Cl2N5/c18-13-7-4-8-14(16(13)19)22-17-23-15(11-21-24-17)20-10-9-12-5-2-1-3-6-12/h4-5,7-8,11H,1-3,6,9-10H2,(H2,20,22,23,24). The second kappa shape index (κ2) is 8.31. The fourth-order valence-corrected chi connectivity index (χ4v) is 2.99. The molecule has 0 bridgehead atoms. The molecule has 0 radical (unpaired) electrons. The third-order valence-electron chi connectivity index (χ3n) is 3.89. The Bertz CT molecular complexity index is 733. The number of anilines is 3. The van der Waals surface area contributed by atoms with Gasteiger partial charge in [-0.25, -0.2) is 0 Å². The summed E-state index contributed by atoms with van der Waals surface area (Å²) in [5.74, 6) is 1.06. The van der Waals surface area contributed by atoms with Crippen molar-refractivity contribution in [1.82, 2.24) is 15.2 Å². The van der Waals surface area contributed by atoms with E-state index in [1.165, 1.54) is 31.3 Å². The summed E-state index contributed by atoms with van der Waals surface area (Å²) in [6, 6.07) is 5.35. The molecule has 24 heavy (non-hydrogen) atoms. The van der Waals surface area contributed by atoms with Gasteiger partial charge in [-0.3, -0.25) is 0 Å². The Labute approximate surface area is 151 Å². The molecule has 0 amide bonds. The number of halogens is 2. The van der Waals surface area contributed by atoms with E-state index < -0.39 is 0 Å². The molecule has 1 heterocycles. The van der Waals surface area contributed by atoms with Crippen molar-refractivity contribution in [2.24, 2.45) is 0 Å². The number of hydrogen-bond donors (Lipinski definition) is 2. The first-order valence-corrected chi connectivity index (χ1v) is 8.80. The lowest BCUT2D eigenvalue weighted by molar-refractivity contribution is 0.679. The van der Waals surface area contributed by atoms with Gasteiger partial charge in [0.05, 0.1) is 21.9 Å². The molecule has 0 fully saturated rings. The average Bonchev–Trinajstić information content (AvgIpc) is 2.60. The van der Waals surface area contributed by atoms with Crippen LogP contribution >= 0.6 is 23.2 Å². The van der Waals surface area contributed by atoms with Crippen LogP contribution < -0.4 is 10.6 Å². The topological polar surface area (TPSA) is 62.7 Å². The van der Waals surface area contributed by atoms with Crippen LogP contribution in [0.3, 0.4) is 0 Å². The maximum atomic E-state index is 6.16. The number of allylic oxidation sites excluding steroid dienone is 1. The van der Waals surface area contributed by atoms with Crippen LogP contribution in [0.4, 0.5) is 17.5 Å². The van der Waals surface area contributed by atoms with Gasteiger partial charge in [0.15, 0.2) is 5.82 Å². The van der Waals surface area contributed by atoms with Crippen molar-refractivity contribution in [2.45, 2.75) is 32.1 Å². The van der Waals surface area contributed by atoms with Gasteiger partial charge < -0.3 is 10.6 Å². The second-order valence-corrected chi connectivity index (χ2v) is 6.46. The van der Waals surface area contributed by atoms with Gasteiger partial charge in [-0.1, -0.05) is 40.9 Å². The van der Waals surface area contributed by atoms with Crippen LogP contribution in [-0.2, 0) is 0 Å². The van der Waals surface area contributed by atoms with Crippen molar-refractivity contribution in [1.29, 1.82) is 0 Å². The van der Waals surface area contributed by atoms with Gasteiger partial charge in [0.2, 0.25) is 5.95 Å². The van der Waals surface area contributed by atoms with Crippen LogP contribution in [-0.4, -0.2) is 21.7 Å². The van der Waals surface area contributed by atoms with Crippen LogP contribution in [0.15, 0.2) is 36.0 Å². The van der Waals surface area contributed by atoms with E-state index in [1.807, 2.05) is 12.1 Å². The third-order valence-corrected chi connectivity index (χ3v) is 4.71. The smallest absolute Gasteiger partial charge is 0.249 e. The molecule has 0 aliphatic heterocycles. The Morgan fingerprint density at radius 2 is 2.08 bits per heavy atom. The first-order chi connectivity index (χ1) is 11.7. The van der Waals surface area contributed by atoms with Crippen LogP contribution in [0.2, 0.25) is 10.0 Å². The van der Waals surface area contributed by atoms with Crippen LogP contribution in [0.5, 0.6) is 0 Å². The van der Waals surface area contributed by atoms with E-state index in [4.69, 9.17) is 23.2 Å². The SMILES string of the molecule is Clc1cccc(Nc2nncc(NCCC3=CCCCC3)n2)c1Cl. The van der Waals surface area contributed by atoms with Gasteiger partial charge in [0.25, 0.3) is 0 Å². The molecule has 0 saturated carbocycles. The lowest BCUT2D eigenvalue weighted by Crippen LogP contribution is -2.08. The zero-order chi connectivity index (χ0) is 16.8. The lowest BCUT2D eigenvalue weighted by Gasteiger charge is -2.13. The average molecular weight is 364 g/mol. The summed E-state index contributed by atoms with van der Waals surface area (Å²) in [7, 11) is 0. The zero-order valence-corrected chi connectivity index (χ0v) is 14.7. The van der Waals surface area contributed by atoms with Crippen molar-refractivity contribution in [2.75, 3.05) is 17.2 Å². The quantitative estimate of drug-likeness (QED) is 0.688. The largest absolute Gasteiger partial charge is 0.368 e. The third kappa shape index (κ3) is 4.58. The van der Waals surface area contributed by atoms with E-state index in [-0.39, 0.29) is 0 Å². The maximum absolute atomic E-state index is 6.16. The normalized spacial score (nSPS) is 14.2. The maximum Gasteiger partial charge on any atom is 0.249 e. The van der Waals surface area contributed by atoms with Crippen LogP contribution in [0.25, 0.3) is 0 Å². The van der Waals surface area contributed by atoms with E-state index >= 15 is 0 Å². The molecule has 2 aromatic rings. The Hall–Kier alpha value is -1.85. The van der Waals surface area contributed by atoms with Gasteiger partial charge in [0, 0.05) is 6.54 Å². The molecule has 0 unspecified atom stereocenters. The minimum Gasteiger partial charge on any atom is -0.368 e. The molecular weight excluding hydrogens is 345 g/mol. The molecule has 5 nitrogen and oxygen atoms in total. The van der Waals surface area contributed by atoms with Gasteiger partial charge in [0.1, 0.15) is 0 Å². The second-order valence-electron chi connectivity index (χ2n) is 5.68. The van der Waals surface area contributed by atoms with E-state index in [2.05, 4.69) is 31.9 Å². The van der Waals surface area contributed by atoms with E-state index in [0.29, 0.717) is 27.5 Å². The highest BCUT2D eigenvalue weighted by atomic mass is 35.5. The molecule has 3 rings (SSSR count). The Morgan fingerprint density at radius 1 is 1.17 bits per heavy atom. The molecule has 1 aliphatic carbocycles. The van der Waals surface area contributed by atoms with E-state index in [1.54, 1.807) is 12.3 Å². The number of nitrogens with zero attached hydrogens (tertiary/aromatic N) is 3. The molecule has 1 aromatic carbocycles. The van der Waals surface area contributed by atoms with Crippen LogP contribution in [0, 0.1) is 0 Å². The summed E-state index contributed by atoms with van der Waals surface area (Å²) in [6.07, 6.45) is 10.0. The fraction of sp³-hybridized carbons (Fsp3) is 0.353. The lowest BCUT2D eigenvalue weighted by atomic mass is 9.97. The minimum absolute atomic E-state index is 0.376. The Morgan fingerprint density at radius 3 is 2.92 bits per heavy atom. The summed E-state index contributed by atoms with van der Waals surface area (Å²) in [5, 5.41) is 15.2. The van der Waals surface area contributed by atoms with Crippen molar-refractivity contribution >= 4 is 40.7 Å². The Balaban J connectivity index is 1.59. The number of hydrogen-bond acceptors (Lipinski definition) is 5. The fourth-order valence-electron chi connectivity index (χ4n) is 2.65. The zero-order valence-electron chi connectivity index (χ0n) is 13.2. The molecule has 0 spiro atoms. The van der Waals surface area contributed by atoms with Gasteiger partial charge in [-0.15, -0.1) is 5.10 Å². The highest BCUT2D eigenvalue weighted by Crippen LogP contribution is 2.30. The summed E-state index contributed by atoms with van der Waals surface area (Å²) >= 11 is 12.2. The van der Waals surface area contributed by atoms with Crippen molar-refractivity contribution < 1.29 is 0 Å². The number of nitrogens with one attached hydrogen (secondary N) is 2. The minimum atomic E-state index is 0.376. The number of aromatic nitrogens is 3. The van der Waals surface area contributed by atoms with Crippen molar-refractivity contribution in [3.63, 3.8) is 0 Å². The van der Waals surface area contributed by atoms with Crippen LogP contribution in [0.1, 0.15) is 32.1 Å². The van der Waals surface area contributed by atoms with Crippen molar-refractivity contribution in [3.05, 3.63) is 46.1 Å². The predicted octanol–water partition coefficient (Wildman–Crippen LogP) is 5.22. The summed E-state index contributed by atoms with van der Waals surface area (Å²) in [5.41, 5.74) is 2.18. The highest BCUT2D eigenvalue weighted by molar-refractivity contribution is 6.43. The summed E-state index contributed by atoms with van der Waals surface area (Å²) in [6.45, 7) is 0.835. The summed E-state index contributed by atoms with van der Waals surface area (Å²) < 4.78 is 0. The number of benzene rings is 1. The molecule has 2 N–H and O–H groups in total. The molecule has 126 valence electrons. The Kier molecular flexibility index (Phi) is 5.88. The van der Waals surface area contributed by atoms with Gasteiger partial charge >= 0.3 is 0 Å². The monoisotopic (exact) mass is 363 g/mol. The molecular formula is C17H19Cl2N5. The predicted molar refractivity (Wildman–Crippen MR) is 99.2 cm³/mol.